The van der Waals surface area contributed by atoms with Crippen LogP contribution < -0.4 is 0 Å². The summed E-state index contributed by atoms with van der Waals surface area (Å²) in [6.45, 7) is 4.45. The van der Waals surface area contributed by atoms with Crippen molar-refractivity contribution < 1.29 is 4.39 Å². The van der Waals surface area contributed by atoms with Gasteiger partial charge in [-0.15, -0.1) is 0 Å². The van der Waals surface area contributed by atoms with Crippen LogP contribution in [0, 0.1) is 26.7 Å². The molecule has 0 fully saturated rings. The topological polar surface area (TPSA) is 3.24 Å². The largest absolute Gasteiger partial charge is 0.458 e. The highest BCUT2D eigenvalue weighted by Crippen LogP contribution is 2.15. The number of rotatable bonds is 2. The molecule has 1 rings (SSSR count). The fraction of sp³-hybridized carbons (Fsp3) is 0.364. The molecule has 0 heterocycles. The molecule has 0 N–H and O–H groups in total. The second-order valence-corrected chi connectivity index (χ2v) is 3.54. The van der Waals surface area contributed by atoms with Gasteiger partial charge in [0.05, 0.1) is 0 Å². The van der Waals surface area contributed by atoms with Crippen LogP contribution in [-0.4, -0.2) is 11.9 Å². The molecular formula is C11H15FN-. The fourth-order valence-corrected chi connectivity index (χ4v) is 1.25. The van der Waals surface area contributed by atoms with Gasteiger partial charge < -0.3 is 4.90 Å². The first-order valence-corrected chi connectivity index (χ1v) is 4.28. The van der Waals surface area contributed by atoms with E-state index in [1.165, 1.54) is 0 Å². The van der Waals surface area contributed by atoms with Crippen LogP contribution in [0.15, 0.2) is 12.1 Å². The molecule has 13 heavy (non-hydrogen) atoms. The van der Waals surface area contributed by atoms with E-state index in [0.29, 0.717) is 12.1 Å². The van der Waals surface area contributed by atoms with E-state index in [-0.39, 0.29) is 5.82 Å². The molecule has 1 aromatic rings. The predicted molar refractivity (Wildman–Crippen MR) is 52.7 cm³/mol. The van der Waals surface area contributed by atoms with Gasteiger partial charge in [0.1, 0.15) is 5.82 Å². The van der Waals surface area contributed by atoms with Crippen LogP contribution >= 0.6 is 0 Å². The molecule has 0 aliphatic carbocycles. The average Bonchev–Trinajstić information content (AvgIpc) is 1.99. The van der Waals surface area contributed by atoms with Gasteiger partial charge in [0.15, 0.2) is 0 Å². The zero-order valence-corrected chi connectivity index (χ0v) is 8.39. The minimum Gasteiger partial charge on any atom is -0.458 e. The van der Waals surface area contributed by atoms with Gasteiger partial charge in [-0.25, -0.2) is 4.39 Å². The lowest BCUT2D eigenvalue weighted by atomic mass is 10.1. The van der Waals surface area contributed by atoms with E-state index in [0.717, 1.165) is 11.1 Å². The van der Waals surface area contributed by atoms with Crippen LogP contribution in [0.1, 0.15) is 16.7 Å². The Morgan fingerprint density at radius 1 is 1.31 bits per heavy atom. The molecule has 0 unspecified atom stereocenters. The highest BCUT2D eigenvalue weighted by atomic mass is 19.1. The van der Waals surface area contributed by atoms with E-state index in [1.54, 1.807) is 11.0 Å². The first-order chi connectivity index (χ1) is 6.00. The van der Waals surface area contributed by atoms with Crippen LogP contribution in [0.3, 0.4) is 0 Å². The number of halogens is 1. The molecule has 0 saturated heterocycles. The van der Waals surface area contributed by atoms with Crippen LogP contribution in [-0.2, 0) is 6.54 Å². The first kappa shape index (κ1) is 10.2. The van der Waals surface area contributed by atoms with Crippen molar-refractivity contribution in [3.63, 3.8) is 0 Å². The molecule has 0 aliphatic heterocycles. The molecule has 0 saturated carbocycles. The normalized spacial score (nSPS) is 10.9. The Bertz CT molecular complexity index is 305. The van der Waals surface area contributed by atoms with E-state index in [2.05, 4.69) is 7.05 Å². The second-order valence-electron chi connectivity index (χ2n) is 3.54. The molecule has 72 valence electrons. The van der Waals surface area contributed by atoms with E-state index in [1.807, 2.05) is 27.0 Å². The molecular weight excluding hydrogens is 165 g/mol. The molecule has 0 aromatic heterocycles. The SMILES string of the molecule is [CH2-]N(C)Cc1cc(C)c(C)cc1F. The van der Waals surface area contributed by atoms with Crippen LogP contribution in [0.4, 0.5) is 4.39 Å². The van der Waals surface area contributed by atoms with Gasteiger partial charge in [0, 0.05) is 0 Å². The minimum atomic E-state index is -0.140. The van der Waals surface area contributed by atoms with Crippen molar-refractivity contribution >= 4 is 0 Å². The Kier molecular flexibility index (Phi) is 3.04. The van der Waals surface area contributed by atoms with Crippen LogP contribution in [0.25, 0.3) is 0 Å². The fourth-order valence-electron chi connectivity index (χ4n) is 1.25. The second kappa shape index (κ2) is 3.88. The summed E-state index contributed by atoms with van der Waals surface area (Å²) in [5.74, 6) is -0.140. The third-order valence-corrected chi connectivity index (χ3v) is 2.10. The molecule has 1 nitrogen and oxygen atoms in total. The summed E-state index contributed by atoms with van der Waals surface area (Å²) in [5.41, 5.74) is 2.83. The molecule has 2 heteroatoms. The van der Waals surface area contributed by atoms with E-state index in [4.69, 9.17) is 0 Å². The molecule has 1 aromatic carbocycles. The Morgan fingerprint density at radius 2 is 1.85 bits per heavy atom. The summed E-state index contributed by atoms with van der Waals surface area (Å²) >= 11 is 0. The Morgan fingerprint density at radius 3 is 2.38 bits per heavy atom. The number of hydrogen-bond acceptors (Lipinski definition) is 1. The molecule has 0 atom stereocenters. The summed E-state index contributed by atoms with van der Waals surface area (Å²) in [5, 5.41) is 0. The van der Waals surface area contributed by atoms with Crippen molar-refractivity contribution in [1.29, 1.82) is 0 Å². The number of aryl methyl sites for hydroxylation is 2. The maximum absolute atomic E-state index is 13.3. The molecule has 0 aliphatic rings. The highest BCUT2D eigenvalue weighted by Gasteiger charge is 2.03. The van der Waals surface area contributed by atoms with Gasteiger partial charge in [-0.2, -0.15) is 0 Å². The monoisotopic (exact) mass is 180 g/mol. The van der Waals surface area contributed by atoms with Gasteiger partial charge in [0.25, 0.3) is 0 Å². The summed E-state index contributed by atoms with van der Waals surface area (Å²) in [4.78, 5) is 1.72. The van der Waals surface area contributed by atoms with Gasteiger partial charge >= 0.3 is 0 Å². The molecule has 0 amide bonds. The summed E-state index contributed by atoms with van der Waals surface area (Å²) in [7, 11) is 5.52. The first-order valence-electron chi connectivity index (χ1n) is 4.28. The lowest BCUT2D eigenvalue weighted by Crippen LogP contribution is -2.09. The Balaban J connectivity index is 3.01. The van der Waals surface area contributed by atoms with Gasteiger partial charge in [0.2, 0.25) is 0 Å². The molecule has 0 spiro atoms. The molecule has 0 bridgehead atoms. The van der Waals surface area contributed by atoms with Crippen molar-refractivity contribution in [2.75, 3.05) is 7.05 Å². The van der Waals surface area contributed by atoms with Crippen molar-refractivity contribution in [3.05, 3.63) is 41.7 Å². The van der Waals surface area contributed by atoms with Crippen LogP contribution in [0.5, 0.6) is 0 Å². The maximum Gasteiger partial charge on any atom is 0.127 e. The van der Waals surface area contributed by atoms with Crippen molar-refractivity contribution in [2.24, 2.45) is 0 Å². The van der Waals surface area contributed by atoms with Gasteiger partial charge in [-0.05, 0) is 50.2 Å². The number of nitrogens with zero attached hydrogens (tertiary/aromatic N) is 1. The standard InChI is InChI=1S/C11H15FN/c1-8-5-10(7-13(3)4)11(12)6-9(8)2/h5-6H,3,7H2,1-2,4H3/q-1. The number of benzene rings is 1. The average molecular weight is 180 g/mol. The minimum absolute atomic E-state index is 0.140. The van der Waals surface area contributed by atoms with Crippen LogP contribution in [0.2, 0.25) is 0 Å². The van der Waals surface area contributed by atoms with E-state index >= 15 is 0 Å². The third kappa shape index (κ3) is 2.52. The summed E-state index contributed by atoms with van der Waals surface area (Å²) < 4.78 is 13.3. The summed E-state index contributed by atoms with van der Waals surface area (Å²) in [6.07, 6.45) is 0. The van der Waals surface area contributed by atoms with Crippen molar-refractivity contribution in [2.45, 2.75) is 20.4 Å². The smallest absolute Gasteiger partial charge is 0.127 e. The zero-order chi connectivity index (χ0) is 10.0. The van der Waals surface area contributed by atoms with Gasteiger partial charge in [-0.3, -0.25) is 7.05 Å². The van der Waals surface area contributed by atoms with Gasteiger partial charge in [-0.1, -0.05) is 6.07 Å². The lowest BCUT2D eigenvalue weighted by Gasteiger charge is -2.19. The maximum atomic E-state index is 13.3. The highest BCUT2D eigenvalue weighted by molar-refractivity contribution is 5.31. The Labute approximate surface area is 79.2 Å². The zero-order valence-electron chi connectivity index (χ0n) is 8.39. The lowest BCUT2D eigenvalue weighted by molar-refractivity contribution is 0.431. The number of hydrogen-bond donors (Lipinski definition) is 0. The Hall–Kier alpha value is -0.890. The molecule has 0 radical (unpaired) electrons. The van der Waals surface area contributed by atoms with Crippen molar-refractivity contribution in [1.82, 2.24) is 4.90 Å². The predicted octanol–water partition coefficient (Wildman–Crippen LogP) is 2.67. The summed E-state index contributed by atoms with van der Waals surface area (Å²) in [6, 6.07) is 3.46. The third-order valence-electron chi connectivity index (χ3n) is 2.10. The van der Waals surface area contributed by atoms with Crippen molar-refractivity contribution in [3.8, 4) is 0 Å². The quantitative estimate of drug-likeness (QED) is 0.632. The van der Waals surface area contributed by atoms with E-state index in [9.17, 15) is 4.39 Å². The van der Waals surface area contributed by atoms with E-state index < -0.39 is 0 Å².